The number of phenols is 1. The van der Waals surface area contributed by atoms with Gasteiger partial charge in [0, 0.05) is 18.7 Å². The van der Waals surface area contributed by atoms with Crippen LogP contribution in [-0.2, 0) is 11.3 Å². The highest BCUT2D eigenvalue weighted by molar-refractivity contribution is 5.79. The first-order valence-corrected chi connectivity index (χ1v) is 9.73. The Morgan fingerprint density at radius 2 is 1.96 bits per heavy atom. The van der Waals surface area contributed by atoms with Gasteiger partial charge in [-0.25, -0.2) is 4.99 Å². The number of aromatic hydroxyl groups is 1. The lowest BCUT2D eigenvalue weighted by Gasteiger charge is -2.17. The highest BCUT2D eigenvalue weighted by Crippen LogP contribution is 2.29. The molecule has 1 saturated carbocycles. The lowest BCUT2D eigenvalue weighted by Crippen LogP contribution is -2.39. The molecule has 0 bridgehead atoms. The van der Waals surface area contributed by atoms with Gasteiger partial charge in [0.1, 0.15) is 0 Å². The molecular formula is C20H33N3O3. The Bertz CT molecular complexity index is 555. The third kappa shape index (κ3) is 6.75. The Morgan fingerprint density at radius 1 is 1.19 bits per heavy atom. The van der Waals surface area contributed by atoms with Crippen LogP contribution in [0.15, 0.2) is 23.2 Å². The van der Waals surface area contributed by atoms with Crippen molar-refractivity contribution < 1.29 is 14.6 Å². The zero-order valence-electron chi connectivity index (χ0n) is 16.1. The van der Waals surface area contributed by atoms with Crippen LogP contribution in [-0.4, -0.2) is 44.0 Å². The van der Waals surface area contributed by atoms with Crippen molar-refractivity contribution in [1.82, 2.24) is 10.6 Å². The summed E-state index contributed by atoms with van der Waals surface area (Å²) in [7, 11) is 1.54. The number of hydrogen-bond donors (Lipinski definition) is 3. The Kier molecular flexibility index (Phi) is 9.10. The van der Waals surface area contributed by atoms with Crippen LogP contribution in [0.4, 0.5) is 0 Å². The average Bonchev–Trinajstić information content (AvgIpc) is 2.93. The van der Waals surface area contributed by atoms with E-state index in [2.05, 4.69) is 15.6 Å². The molecule has 26 heavy (non-hydrogen) atoms. The van der Waals surface area contributed by atoms with E-state index in [0.29, 0.717) is 31.5 Å². The summed E-state index contributed by atoms with van der Waals surface area (Å²) in [4.78, 5) is 4.54. The lowest BCUT2D eigenvalue weighted by molar-refractivity contribution is 0.0468. The predicted octanol–water partition coefficient (Wildman–Crippen LogP) is 3.20. The van der Waals surface area contributed by atoms with Crippen LogP contribution in [0.3, 0.4) is 0 Å². The van der Waals surface area contributed by atoms with E-state index >= 15 is 0 Å². The van der Waals surface area contributed by atoms with Gasteiger partial charge in [0.2, 0.25) is 0 Å². The van der Waals surface area contributed by atoms with Gasteiger partial charge in [0.15, 0.2) is 17.5 Å². The summed E-state index contributed by atoms with van der Waals surface area (Å²) in [5, 5.41) is 16.7. The minimum absolute atomic E-state index is 0.145. The number of benzene rings is 1. The average molecular weight is 364 g/mol. The molecule has 0 heterocycles. The van der Waals surface area contributed by atoms with Crippen molar-refractivity contribution in [3.63, 3.8) is 0 Å². The Balaban J connectivity index is 1.80. The summed E-state index contributed by atoms with van der Waals surface area (Å²) in [6, 6.07) is 5.43. The molecule has 2 rings (SSSR count). The first-order valence-electron chi connectivity index (χ1n) is 9.73. The molecule has 0 amide bonds. The summed E-state index contributed by atoms with van der Waals surface area (Å²) in [5.41, 5.74) is 0.733. The van der Waals surface area contributed by atoms with Crippen LogP contribution in [0.25, 0.3) is 0 Å². The number of guanidine groups is 1. The minimum atomic E-state index is 0.145. The molecular weight excluding hydrogens is 330 g/mol. The highest BCUT2D eigenvalue weighted by atomic mass is 16.5. The molecule has 1 aliphatic carbocycles. The van der Waals surface area contributed by atoms with Crippen molar-refractivity contribution in [3.8, 4) is 11.5 Å². The van der Waals surface area contributed by atoms with Gasteiger partial charge in [-0.1, -0.05) is 37.8 Å². The lowest BCUT2D eigenvalue weighted by atomic mass is 10.1. The molecule has 0 unspecified atom stereocenters. The Labute approximate surface area is 157 Å². The number of hydrogen-bond acceptors (Lipinski definition) is 4. The quantitative estimate of drug-likeness (QED) is 0.286. The van der Waals surface area contributed by atoms with Crippen LogP contribution in [0, 0.1) is 0 Å². The molecule has 1 fully saturated rings. The fourth-order valence-electron chi connectivity index (χ4n) is 3.17. The maximum atomic E-state index is 10.2. The van der Waals surface area contributed by atoms with Gasteiger partial charge in [-0.2, -0.15) is 0 Å². The fourth-order valence-corrected chi connectivity index (χ4v) is 3.17. The summed E-state index contributed by atoms with van der Waals surface area (Å²) < 4.78 is 11.1. The van der Waals surface area contributed by atoms with Crippen LogP contribution < -0.4 is 15.4 Å². The molecule has 146 valence electrons. The second kappa shape index (κ2) is 11.6. The minimum Gasteiger partial charge on any atom is -0.504 e. The largest absolute Gasteiger partial charge is 0.504 e. The molecule has 0 atom stereocenters. The van der Waals surface area contributed by atoms with Gasteiger partial charge in [-0.3, -0.25) is 0 Å². The van der Waals surface area contributed by atoms with Crippen LogP contribution in [0.5, 0.6) is 11.5 Å². The molecule has 1 aromatic carbocycles. The van der Waals surface area contributed by atoms with Gasteiger partial charge in [-0.15, -0.1) is 0 Å². The first kappa shape index (κ1) is 20.4. The summed E-state index contributed by atoms with van der Waals surface area (Å²) >= 11 is 0. The van der Waals surface area contributed by atoms with Crippen molar-refractivity contribution in [3.05, 3.63) is 23.8 Å². The number of nitrogens with one attached hydrogen (secondary N) is 2. The molecule has 1 aliphatic rings. The van der Waals surface area contributed by atoms with E-state index < -0.39 is 0 Å². The zero-order chi connectivity index (χ0) is 18.6. The van der Waals surface area contributed by atoms with E-state index in [9.17, 15) is 5.11 Å². The van der Waals surface area contributed by atoms with Gasteiger partial charge in [0.25, 0.3) is 0 Å². The molecule has 3 N–H and O–H groups in total. The van der Waals surface area contributed by atoms with Crippen molar-refractivity contribution in [2.75, 3.05) is 26.8 Å². The van der Waals surface area contributed by atoms with E-state index in [1.54, 1.807) is 13.2 Å². The van der Waals surface area contributed by atoms with Crippen molar-refractivity contribution >= 4 is 5.96 Å². The molecule has 0 aromatic heterocycles. The summed E-state index contributed by atoms with van der Waals surface area (Å²) in [6.45, 7) is 4.58. The van der Waals surface area contributed by atoms with E-state index in [0.717, 1.165) is 18.1 Å². The van der Waals surface area contributed by atoms with E-state index in [-0.39, 0.29) is 5.75 Å². The number of methoxy groups -OCH3 is 1. The molecule has 0 spiro atoms. The van der Waals surface area contributed by atoms with E-state index in [1.165, 1.54) is 38.5 Å². The fraction of sp³-hybridized carbons (Fsp3) is 0.650. The topological polar surface area (TPSA) is 75.1 Å². The summed E-state index contributed by atoms with van der Waals surface area (Å²) in [6.07, 6.45) is 8.02. The number of ether oxygens (including phenoxy) is 2. The van der Waals surface area contributed by atoms with Crippen LogP contribution in [0.2, 0.25) is 0 Å². The predicted molar refractivity (Wildman–Crippen MR) is 105 cm³/mol. The monoisotopic (exact) mass is 363 g/mol. The smallest absolute Gasteiger partial charge is 0.191 e. The number of nitrogens with zero attached hydrogens (tertiary/aromatic N) is 1. The van der Waals surface area contributed by atoms with Gasteiger partial charge < -0.3 is 25.2 Å². The van der Waals surface area contributed by atoms with E-state index in [1.807, 2.05) is 19.1 Å². The van der Waals surface area contributed by atoms with Gasteiger partial charge in [-0.05, 0) is 25.8 Å². The Morgan fingerprint density at radius 3 is 2.65 bits per heavy atom. The van der Waals surface area contributed by atoms with E-state index in [4.69, 9.17) is 9.47 Å². The summed E-state index contributed by atoms with van der Waals surface area (Å²) in [5.74, 6) is 1.33. The van der Waals surface area contributed by atoms with Crippen molar-refractivity contribution in [1.29, 1.82) is 0 Å². The van der Waals surface area contributed by atoms with Gasteiger partial charge >= 0.3 is 0 Å². The third-order valence-corrected chi connectivity index (χ3v) is 4.60. The molecule has 6 heteroatoms. The van der Waals surface area contributed by atoms with Crippen molar-refractivity contribution in [2.24, 2.45) is 4.99 Å². The van der Waals surface area contributed by atoms with Crippen LogP contribution >= 0.6 is 0 Å². The Hall–Kier alpha value is -1.95. The molecule has 6 nitrogen and oxygen atoms in total. The SMILES string of the molecule is CCNC(=NCc1cccc(OC)c1O)NCCOC1CCCCCC1. The molecule has 1 aromatic rings. The number of rotatable bonds is 8. The normalized spacial score (nSPS) is 16.2. The number of para-hydroxylation sites is 1. The zero-order valence-corrected chi connectivity index (χ0v) is 16.1. The molecule has 0 saturated heterocycles. The van der Waals surface area contributed by atoms with Crippen molar-refractivity contribution in [2.45, 2.75) is 58.1 Å². The maximum Gasteiger partial charge on any atom is 0.191 e. The standard InChI is InChI=1S/C20H33N3O3/c1-3-21-20(22-13-14-26-17-10-6-4-5-7-11-17)23-15-16-9-8-12-18(25-2)19(16)24/h8-9,12,17,24H,3-7,10-11,13-15H2,1-2H3,(H2,21,22,23). The molecule has 0 aliphatic heterocycles. The maximum absolute atomic E-state index is 10.2. The number of phenolic OH excluding ortho intramolecular Hbond substituents is 1. The second-order valence-corrected chi connectivity index (χ2v) is 6.57. The van der Waals surface area contributed by atoms with Crippen LogP contribution in [0.1, 0.15) is 51.0 Å². The number of aliphatic imine (C=N–C) groups is 1. The third-order valence-electron chi connectivity index (χ3n) is 4.60. The second-order valence-electron chi connectivity index (χ2n) is 6.57. The highest BCUT2D eigenvalue weighted by Gasteiger charge is 2.12. The first-order chi connectivity index (χ1) is 12.7. The molecule has 0 radical (unpaired) electrons. The van der Waals surface area contributed by atoms with Gasteiger partial charge in [0.05, 0.1) is 26.4 Å².